The van der Waals surface area contributed by atoms with Crippen molar-refractivity contribution in [3.8, 4) is 0 Å². The van der Waals surface area contributed by atoms with Crippen molar-refractivity contribution in [1.29, 1.82) is 0 Å². The Kier molecular flexibility index (Phi) is 5.60. The van der Waals surface area contributed by atoms with Crippen LogP contribution in [0.1, 0.15) is 24.6 Å². The van der Waals surface area contributed by atoms with E-state index in [2.05, 4.69) is 4.72 Å². The largest absolute Gasteiger partial charge is 0.328 e. The van der Waals surface area contributed by atoms with Crippen molar-refractivity contribution in [2.75, 3.05) is 6.54 Å². The van der Waals surface area contributed by atoms with Crippen LogP contribution in [0, 0.1) is 0 Å². The van der Waals surface area contributed by atoms with E-state index in [1.165, 1.54) is 23.1 Å². The maximum atomic E-state index is 12.7. The van der Waals surface area contributed by atoms with Crippen molar-refractivity contribution in [3.05, 3.63) is 51.7 Å². The molecule has 3 rings (SSSR count). The third-order valence-electron chi connectivity index (χ3n) is 4.71. The quantitative estimate of drug-likeness (QED) is 0.769. The van der Waals surface area contributed by atoms with Crippen LogP contribution in [0.25, 0.3) is 0 Å². The molecule has 9 heteroatoms. The Hall–Kier alpha value is -1.90. The van der Waals surface area contributed by atoms with E-state index < -0.39 is 21.5 Å². The second kappa shape index (κ2) is 7.61. The lowest BCUT2D eigenvalue weighted by atomic mass is 9.85. The number of hydrogen-bond acceptors (Lipinski definition) is 5. The maximum Gasteiger partial charge on any atom is 0.264 e. The van der Waals surface area contributed by atoms with Gasteiger partial charge in [0.05, 0.1) is 4.90 Å². The molecule has 6 nitrogen and oxygen atoms in total. The Balaban J connectivity index is 1.67. The molecule has 27 heavy (non-hydrogen) atoms. The van der Waals surface area contributed by atoms with Crippen molar-refractivity contribution in [3.63, 3.8) is 0 Å². The van der Waals surface area contributed by atoms with Crippen LogP contribution in [0.3, 0.4) is 0 Å². The first-order chi connectivity index (χ1) is 12.7. The van der Waals surface area contributed by atoms with Crippen molar-refractivity contribution in [2.45, 2.75) is 36.6 Å². The van der Waals surface area contributed by atoms with Crippen LogP contribution in [-0.4, -0.2) is 37.2 Å². The lowest BCUT2D eigenvalue weighted by Crippen LogP contribution is -2.67. The Morgan fingerprint density at radius 2 is 2.07 bits per heavy atom. The number of carbonyl (C=O) groups is 2. The monoisotopic (exact) mass is 426 g/mol. The number of carbonyl (C=O) groups excluding carboxylic acids is 2. The molecule has 1 aliphatic heterocycles. The standard InChI is InChI=1S/C18H19ClN2O4S2/c1-18(9-10-21(18)16(22)8-7-14-5-3-11-26-14)17(23)20-27(24,25)15-6-2-4-13(19)12-15/h2-6,11-12H,7-10H2,1H3,(H,20,23). The molecule has 0 spiro atoms. The fraction of sp³-hybridized carbons (Fsp3) is 0.333. The average Bonchev–Trinajstić information content (AvgIpc) is 3.11. The molecule has 1 N–H and O–H groups in total. The van der Waals surface area contributed by atoms with E-state index in [-0.39, 0.29) is 22.2 Å². The number of nitrogens with one attached hydrogen (secondary N) is 1. The maximum absolute atomic E-state index is 12.7. The molecule has 0 aliphatic carbocycles. The van der Waals surface area contributed by atoms with Crippen molar-refractivity contribution in [2.24, 2.45) is 0 Å². The highest BCUT2D eigenvalue weighted by Crippen LogP contribution is 2.32. The molecule has 2 amide bonds. The summed E-state index contributed by atoms with van der Waals surface area (Å²) >= 11 is 7.40. The Morgan fingerprint density at radius 3 is 2.67 bits per heavy atom. The van der Waals surface area contributed by atoms with Crippen molar-refractivity contribution < 1.29 is 18.0 Å². The summed E-state index contributed by atoms with van der Waals surface area (Å²) in [7, 11) is -4.06. The normalized spacial score (nSPS) is 19.4. The molecule has 0 bridgehead atoms. The van der Waals surface area contributed by atoms with Gasteiger partial charge < -0.3 is 4.90 Å². The number of benzene rings is 1. The minimum absolute atomic E-state index is 0.0955. The summed E-state index contributed by atoms with van der Waals surface area (Å²) in [4.78, 5) is 27.6. The molecule has 144 valence electrons. The molecule has 0 radical (unpaired) electrons. The zero-order valence-electron chi connectivity index (χ0n) is 14.6. The predicted octanol–water partition coefficient (Wildman–Crippen LogP) is 2.83. The summed E-state index contributed by atoms with van der Waals surface area (Å²) in [5.74, 6) is -0.870. The summed E-state index contributed by atoms with van der Waals surface area (Å²) < 4.78 is 27.0. The van der Waals surface area contributed by atoms with E-state index in [9.17, 15) is 18.0 Å². The molecule has 1 fully saturated rings. The van der Waals surface area contributed by atoms with Crippen LogP contribution >= 0.6 is 22.9 Å². The van der Waals surface area contributed by atoms with Gasteiger partial charge >= 0.3 is 0 Å². The minimum Gasteiger partial charge on any atom is -0.328 e. The van der Waals surface area contributed by atoms with Gasteiger partial charge in [0.15, 0.2) is 0 Å². The zero-order chi connectivity index (χ0) is 19.7. The number of nitrogens with zero attached hydrogens (tertiary/aromatic N) is 1. The first-order valence-electron chi connectivity index (χ1n) is 8.38. The molecule has 1 unspecified atom stereocenters. The predicted molar refractivity (Wildman–Crippen MR) is 104 cm³/mol. The highest BCUT2D eigenvalue weighted by atomic mass is 35.5. The first-order valence-corrected chi connectivity index (χ1v) is 11.1. The highest BCUT2D eigenvalue weighted by molar-refractivity contribution is 7.90. The number of hydrogen-bond donors (Lipinski definition) is 1. The van der Waals surface area contributed by atoms with Gasteiger partial charge in [0, 0.05) is 22.9 Å². The Bertz CT molecular complexity index is 960. The molecule has 1 aromatic heterocycles. The third-order valence-corrected chi connectivity index (χ3v) is 7.21. The minimum atomic E-state index is -4.06. The summed E-state index contributed by atoms with van der Waals surface area (Å²) in [6.07, 6.45) is 1.30. The summed E-state index contributed by atoms with van der Waals surface area (Å²) in [6, 6.07) is 9.54. The topological polar surface area (TPSA) is 83.6 Å². The van der Waals surface area contributed by atoms with Gasteiger partial charge in [-0.1, -0.05) is 23.7 Å². The number of rotatable bonds is 6. The summed E-state index contributed by atoms with van der Waals surface area (Å²) in [5, 5.41) is 2.20. The second-order valence-corrected chi connectivity index (χ2v) is 9.69. The lowest BCUT2D eigenvalue weighted by molar-refractivity contribution is -0.156. The fourth-order valence-corrected chi connectivity index (χ4v) is 5.03. The Morgan fingerprint density at radius 1 is 1.30 bits per heavy atom. The van der Waals surface area contributed by atoms with E-state index in [0.717, 1.165) is 4.88 Å². The fourth-order valence-electron chi connectivity index (χ4n) is 2.94. The molecular formula is C18H19ClN2O4S2. The van der Waals surface area contributed by atoms with Crippen LogP contribution < -0.4 is 4.72 Å². The van der Waals surface area contributed by atoms with E-state index in [1.54, 1.807) is 24.3 Å². The van der Waals surface area contributed by atoms with Crippen LogP contribution in [-0.2, 0) is 26.0 Å². The van der Waals surface area contributed by atoms with Gasteiger partial charge in [-0.2, -0.15) is 0 Å². The van der Waals surface area contributed by atoms with E-state index >= 15 is 0 Å². The zero-order valence-corrected chi connectivity index (χ0v) is 17.0. The summed E-state index contributed by atoms with van der Waals surface area (Å²) in [5.41, 5.74) is -1.17. The van der Waals surface area contributed by atoms with Crippen LogP contribution in [0.5, 0.6) is 0 Å². The van der Waals surface area contributed by atoms with E-state index in [0.29, 0.717) is 19.4 Å². The molecule has 2 heterocycles. The van der Waals surface area contributed by atoms with Gasteiger partial charge in [-0.3, -0.25) is 9.59 Å². The number of thiophene rings is 1. The van der Waals surface area contributed by atoms with E-state index in [1.807, 2.05) is 17.5 Å². The van der Waals surface area contributed by atoms with Gasteiger partial charge in [0.1, 0.15) is 5.54 Å². The number of sulfonamides is 1. The molecule has 1 aliphatic rings. The number of amides is 2. The van der Waals surface area contributed by atoms with Crippen LogP contribution in [0.4, 0.5) is 0 Å². The molecular weight excluding hydrogens is 408 g/mol. The number of likely N-dealkylation sites (tertiary alicyclic amines) is 1. The Labute approximate surface area is 167 Å². The molecule has 0 saturated carbocycles. The first kappa shape index (κ1) is 19.9. The molecule has 1 saturated heterocycles. The smallest absolute Gasteiger partial charge is 0.264 e. The van der Waals surface area contributed by atoms with E-state index in [4.69, 9.17) is 11.6 Å². The second-order valence-electron chi connectivity index (χ2n) is 6.54. The molecule has 2 aromatic rings. The van der Waals surface area contributed by atoms with Gasteiger partial charge in [0.2, 0.25) is 5.91 Å². The van der Waals surface area contributed by atoms with Gasteiger partial charge in [-0.25, -0.2) is 13.1 Å². The molecule has 1 atom stereocenters. The molecule has 1 aromatic carbocycles. The van der Waals surface area contributed by atoms with Gasteiger partial charge in [0.25, 0.3) is 15.9 Å². The third kappa shape index (κ3) is 4.17. The van der Waals surface area contributed by atoms with Crippen molar-refractivity contribution >= 4 is 44.8 Å². The number of halogens is 1. The van der Waals surface area contributed by atoms with Gasteiger partial charge in [-0.05, 0) is 49.4 Å². The summed E-state index contributed by atoms with van der Waals surface area (Å²) in [6.45, 7) is 2.02. The SMILES string of the molecule is CC1(C(=O)NS(=O)(=O)c2cccc(Cl)c2)CCN1C(=O)CCc1cccs1. The van der Waals surface area contributed by atoms with Crippen molar-refractivity contribution in [1.82, 2.24) is 9.62 Å². The van der Waals surface area contributed by atoms with Crippen LogP contribution in [0.15, 0.2) is 46.7 Å². The average molecular weight is 427 g/mol. The number of aryl methyl sites for hydroxylation is 1. The van der Waals surface area contributed by atoms with Crippen LogP contribution in [0.2, 0.25) is 5.02 Å². The highest BCUT2D eigenvalue weighted by Gasteiger charge is 2.50. The van der Waals surface area contributed by atoms with Gasteiger partial charge in [-0.15, -0.1) is 11.3 Å². The lowest BCUT2D eigenvalue weighted by Gasteiger charge is -2.49.